The Hall–Kier alpha value is -2.96. The first-order valence-electron chi connectivity index (χ1n) is 9.64. The molecule has 5 rings (SSSR count). The SMILES string of the molecule is c1ccc2nc(-n3cnc4cc(OCCC5COCCN5)ccc43)ccc2c1. The number of pyridine rings is 1. The van der Waals surface area contributed by atoms with Crippen molar-refractivity contribution in [2.24, 2.45) is 0 Å². The predicted molar refractivity (Wildman–Crippen MR) is 109 cm³/mol. The molecule has 1 unspecified atom stereocenters. The van der Waals surface area contributed by atoms with E-state index in [1.54, 1.807) is 0 Å². The van der Waals surface area contributed by atoms with Crippen molar-refractivity contribution >= 4 is 21.9 Å². The average Bonchev–Trinajstić information content (AvgIpc) is 3.17. The van der Waals surface area contributed by atoms with E-state index in [1.807, 2.05) is 53.4 Å². The zero-order chi connectivity index (χ0) is 18.8. The van der Waals surface area contributed by atoms with E-state index in [1.165, 1.54) is 0 Å². The average molecular weight is 374 g/mol. The molecule has 2 aromatic heterocycles. The molecular weight excluding hydrogens is 352 g/mol. The van der Waals surface area contributed by atoms with Gasteiger partial charge in [-0.1, -0.05) is 18.2 Å². The number of para-hydroxylation sites is 1. The molecule has 28 heavy (non-hydrogen) atoms. The monoisotopic (exact) mass is 374 g/mol. The zero-order valence-electron chi connectivity index (χ0n) is 15.5. The smallest absolute Gasteiger partial charge is 0.139 e. The van der Waals surface area contributed by atoms with Gasteiger partial charge in [-0.15, -0.1) is 0 Å². The molecule has 1 N–H and O–H groups in total. The molecule has 6 nitrogen and oxygen atoms in total. The molecule has 0 saturated carbocycles. The second-order valence-electron chi connectivity index (χ2n) is 6.99. The van der Waals surface area contributed by atoms with Gasteiger partial charge in [0.1, 0.15) is 17.9 Å². The maximum Gasteiger partial charge on any atom is 0.139 e. The van der Waals surface area contributed by atoms with Crippen LogP contribution in [0.5, 0.6) is 5.75 Å². The summed E-state index contributed by atoms with van der Waals surface area (Å²) in [6.45, 7) is 3.12. The van der Waals surface area contributed by atoms with Gasteiger partial charge in [-0.25, -0.2) is 9.97 Å². The van der Waals surface area contributed by atoms with Gasteiger partial charge in [0, 0.05) is 24.0 Å². The molecule has 0 radical (unpaired) electrons. The van der Waals surface area contributed by atoms with Gasteiger partial charge in [0.25, 0.3) is 0 Å². The lowest BCUT2D eigenvalue weighted by molar-refractivity contribution is 0.0691. The molecule has 3 heterocycles. The third kappa shape index (κ3) is 3.44. The Morgan fingerprint density at radius 2 is 2.07 bits per heavy atom. The van der Waals surface area contributed by atoms with Gasteiger partial charge in [-0.3, -0.25) is 4.57 Å². The number of hydrogen-bond acceptors (Lipinski definition) is 5. The molecule has 1 aliphatic heterocycles. The highest BCUT2D eigenvalue weighted by atomic mass is 16.5. The standard InChI is InChI=1S/C22H22N4O2/c1-2-4-19-16(3-1)5-8-22(25-19)26-15-24-20-13-18(6-7-21(20)26)28-11-9-17-14-27-12-10-23-17/h1-8,13,15,17,23H,9-12,14H2. The van der Waals surface area contributed by atoms with Gasteiger partial charge < -0.3 is 14.8 Å². The van der Waals surface area contributed by atoms with Crippen molar-refractivity contribution < 1.29 is 9.47 Å². The van der Waals surface area contributed by atoms with Crippen molar-refractivity contribution in [2.45, 2.75) is 12.5 Å². The summed E-state index contributed by atoms with van der Waals surface area (Å²) in [6, 6.07) is 18.6. The normalized spacial score (nSPS) is 17.2. The van der Waals surface area contributed by atoms with Crippen LogP contribution in [0.15, 0.2) is 60.9 Å². The fourth-order valence-corrected chi connectivity index (χ4v) is 3.58. The van der Waals surface area contributed by atoms with Crippen LogP contribution in [-0.4, -0.2) is 46.9 Å². The van der Waals surface area contributed by atoms with Crippen LogP contribution in [0.4, 0.5) is 0 Å². The summed E-state index contributed by atoms with van der Waals surface area (Å²) < 4.78 is 13.4. The van der Waals surface area contributed by atoms with Crippen molar-refractivity contribution in [3.63, 3.8) is 0 Å². The number of benzene rings is 2. The van der Waals surface area contributed by atoms with Crippen LogP contribution in [0, 0.1) is 0 Å². The highest BCUT2D eigenvalue weighted by Gasteiger charge is 2.13. The third-order valence-corrected chi connectivity index (χ3v) is 5.08. The van der Waals surface area contributed by atoms with Gasteiger partial charge in [-0.2, -0.15) is 0 Å². The largest absolute Gasteiger partial charge is 0.493 e. The number of rotatable bonds is 5. The number of hydrogen-bond donors (Lipinski definition) is 1. The maximum atomic E-state index is 5.93. The van der Waals surface area contributed by atoms with E-state index in [4.69, 9.17) is 14.5 Å². The Morgan fingerprint density at radius 3 is 3.00 bits per heavy atom. The minimum absolute atomic E-state index is 0.371. The van der Waals surface area contributed by atoms with E-state index in [0.717, 1.165) is 59.7 Å². The Morgan fingerprint density at radius 1 is 1.11 bits per heavy atom. The van der Waals surface area contributed by atoms with E-state index in [2.05, 4.69) is 22.4 Å². The van der Waals surface area contributed by atoms with Crippen molar-refractivity contribution in [3.8, 4) is 11.6 Å². The number of nitrogens with zero attached hydrogens (tertiary/aromatic N) is 3. The summed E-state index contributed by atoms with van der Waals surface area (Å²) in [7, 11) is 0. The van der Waals surface area contributed by atoms with Crippen molar-refractivity contribution in [3.05, 3.63) is 60.9 Å². The molecular formula is C22H22N4O2. The van der Waals surface area contributed by atoms with Crippen LogP contribution < -0.4 is 10.1 Å². The first kappa shape index (κ1) is 17.2. The van der Waals surface area contributed by atoms with Crippen molar-refractivity contribution in [2.75, 3.05) is 26.4 Å². The summed E-state index contributed by atoms with van der Waals surface area (Å²) in [5, 5.41) is 4.57. The Labute approximate surface area is 163 Å². The zero-order valence-corrected chi connectivity index (χ0v) is 15.5. The molecule has 0 amide bonds. The van der Waals surface area contributed by atoms with Gasteiger partial charge >= 0.3 is 0 Å². The van der Waals surface area contributed by atoms with Crippen molar-refractivity contribution in [1.29, 1.82) is 0 Å². The Balaban J connectivity index is 1.34. The van der Waals surface area contributed by atoms with Crippen LogP contribution in [0.25, 0.3) is 27.8 Å². The second-order valence-corrected chi connectivity index (χ2v) is 6.99. The lowest BCUT2D eigenvalue weighted by atomic mass is 10.2. The number of imidazole rings is 1. The van der Waals surface area contributed by atoms with E-state index in [0.29, 0.717) is 12.6 Å². The van der Waals surface area contributed by atoms with Crippen LogP contribution in [0.2, 0.25) is 0 Å². The molecule has 1 aliphatic rings. The van der Waals surface area contributed by atoms with E-state index >= 15 is 0 Å². The molecule has 1 saturated heterocycles. The molecule has 1 fully saturated rings. The summed E-state index contributed by atoms with van der Waals surface area (Å²) in [6.07, 6.45) is 2.74. The van der Waals surface area contributed by atoms with E-state index in [9.17, 15) is 0 Å². The quantitative estimate of drug-likeness (QED) is 0.581. The first-order valence-corrected chi connectivity index (χ1v) is 9.64. The van der Waals surface area contributed by atoms with Gasteiger partial charge in [0.05, 0.1) is 36.4 Å². The summed E-state index contributed by atoms with van der Waals surface area (Å²) in [5.41, 5.74) is 2.88. The molecule has 2 aromatic carbocycles. The molecule has 4 aromatic rings. The molecule has 0 spiro atoms. The van der Waals surface area contributed by atoms with Gasteiger partial charge in [-0.05, 0) is 36.8 Å². The molecule has 142 valence electrons. The van der Waals surface area contributed by atoms with Gasteiger partial charge in [0.15, 0.2) is 0 Å². The van der Waals surface area contributed by atoms with Crippen LogP contribution in [0.1, 0.15) is 6.42 Å². The van der Waals surface area contributed by atoms with E-state index < -0.39 is 0 Å². The highest BCUT2D eigenvalue weighted by Crippen LogP contribution is 2.23. The van der Waals surface area contributed by atoms with Crippen LogP contribution >= 0.6 is 0 Å². The predicted octanol–water partition coefficient (Wildman–Crippen LogP) is 3.33. The molecule has 1 atom stereocenters. The first-order chi connectivity index (χ1) is 13.9. The number of ether oxygens (including phenoxy) is 2. The molecule has 0 aliphatic carbocycles. The number of aromatic nitrogens is 3. The van der Waals surface area contributed by atoms with Crippen LogP contribution in [-0.2, 0) is 4.74 Å². The number of morpholine rings is 1. The fourth-order valence-electron chi connectivity index (χ4n) is 3.58. The minimum Gasteiger partial charge on any atom is -0.493 e. The highest BCUT2D eigenvalue weighted by molar-refractivity contribution is 5.81. The maximum absolute atomic E-state index is 5.93. The summed E-state index contributed by atoms with van der Waals surface area (Å²) in [4.78, 5) is 9.31. The summed E-state index contributed by atoms with van der Waals surface area (Å²) >= 11 is 0. The Kier molecular flexibility index (Phi) is 4.64. The Bertz CT molecular complexity index is 1100. The second kappa shape index (κ2) is 7.58. The molecule has 6 heteroatoms. The molecule has 0 bridgehead atoms. The van der Waals surface area contributed by atoms with Crippen molar-refractivity contribution in [1.82, 2.24) is 19.9 Å². The van der Waals surface area contributed by atoms with Gasteiger partial charge in [0.2, 0.25) is 0 Å². The lowest BCUT2D eigenvalue weighted by Gasteiger charge is -2.23. The number of nitrogens with one attached hydrogen (secondary N) is 1. The third-order valence-electron chi connectivity index (χ3n) is 5.08. The summed E-state index contributed by atoms with van der Waals surface area (Å²) in [5.74, 6) is 1.69. The fraction of sp³-hybridized carbons (Fsp3) is 0.273. The van der Waals surface area contributed by atoms with Crippen LogP contribution in [0.3, 0.4) is 0 Å². The van der Waals surface area contributed by atoms with E-state index in [-0.39, 0.29) is 0 Å². The lowest BCUT2D eigenvalue weighted by Crippen LogP contribution is -2.41. The topological polar surface area (TPSA) is 61.2 Å². The number of fused-ring (bicyclic) bond motifs is 2. The minimum atomic E-state index is 0.371.